The van der Waals surface area contributed by atoms with Gasteiger partial charge in [-0.05, 0) is 72.3 Å². The van der Waals surface area contributed by atoms with E-state index in [1.807, 2.05) is 0 Å². The van der Waals surface area contributed by atoms with Crippen molar-refractivity contribution in [3.8, 4) is 11.5 Å². The lowest BCUT2D eigenvalue weighted by Gasteiger charge is -2.24. The predicted octanol–water partition coefficient (Wildman–Crippen LogP) is 3.62. The van der Waals surface area contributed by atoms with Crippen molar-refractivity contribution in [2.75, 3.05) is 18.0 Å². The smallest absolute Gasteiger partial charge is 0.308 e. The molecule has 3 aromatic rings. The van der Waals surface area contributed by atoms with Gasteiger partial charge in [0.1, 0.15) is 18.0 Å². The summed E-state index contributed by atoms with van der Waals surface area (Å²) >= 11 is 6.06. The summed E-state index contributed by atoms with van der Waals surface area (Å²) in [5, 5.41) is 4.19. The molecule has 0 atom stereocenters. The number of rotatable bonds is 9. The highest BCUT2D eigenvalue weighted by Gasteiger charge is 2.27. The fourth-order valence-electron chi connectivity index (χ4n) is 2.95. The van der Waals surface area contributed by atoms with Gasteiger partial charge < -0.3 is 9.47 Å². The van der Waals surface area contributed by atoms with Gasteiger partial charge in [-0.2, -0.15) is 5.10 Å². The van der Waals surface area contributed by atoms with Crippen LogP contribution in [0.5, 0.6) is 11.5 Å². The van der Waals surface area contributed by atoms with Crippen molar-refractivity contribution in [1.82, 2.24) is 5.43 Å². The van der Waals surface area contributed by atoms with Crippen LogP contribution in [0.15, 0.2) is 82.8 Å². The second-order valence-electron chi connectivity index (χ2n) is 7.12. The Bertz CT molecular complexity index is 1330. The number of halogens is 1. The number of anilines is 1. The highest BCUT2D eigenvalue weighted by atomic mass is 35.5. The zero-order valence-electron chi connectivity index (χ0n) is 18.8. The molecule has 0 fully saturated rings. The number of esters is 1. The summed E-state index contributed by atoms with van der Waals surface area (Å²) in [6.07, 6.45) is 1.37. The van der Waals surface area contributed by atoms with Gasteiger partial charge in [-0.25, -0.2) is 13.8 Å². The van der Waals surface area contributed by atoms with E-state index >= 15 is 0 Å². The minimum absolute atomic E-state index is 0.0255. The Hall–Kier alpha value is -3.89. The maximum atomic E-state index is 13.4. The molecule has 1 N–H and O–H groups in total. The average molecular weight is 516 g/mol. The van der Waals surface area contributed by atoms with Crippen molar-refractivity contribution in [2.24, 2.45) is 5.10 Å². The van der Waals surface area contributed by atoms with Crippen LogP contribution in [-0.4, -0.2) is 40.2 Å². The molecule has 0 heterocycles. The second-order valence-corrected chi connectivity index (χ2v) is 9.42. The van der Waals surface area contributed by atoms with Crippen molar-refractivity contribution in [1.29, 1.82) is 0 Å². The number of carbonyl (C=O) groups excluding carboxylic acids is 2. The number of ether oxygens (including phenoxy) is 2. The summed E-state index contributed by atoms with van der Waals surface area (Å²) in [6, 6.07) is 18.4. The average Bonchev–Trinajstić information content (AvgIpc) is 2.83. The van der Waals surface area contributed by atoms with Gasteiger partial charge in [-0.3, -0.25) is 13.9 Å². The molecule has 0 aliphatic carbocycles. The summed E-state index contributed by atoms with van der Waals surface area (Å²) < 4.78 is 37.7. The van der Waals surface area contributed by atoms with Gasteiger partial charge in [-0.1, -0.05) is 17.7 Å². The number of hydrogen-bond donors (Lipinski definition) is 1. The molecule has 0 bridgehead atoms. The molecular weight excluding hydrogens is 494 g/mol. The Labute approximate surface area is 208 Å². The molecule has 182 valence electrons. The molecule has 9 nitrogen and oxygen atoms in total. The number of nitrogens with zero attached hydrogens (tertiary/aromatic N) is 2. The van der Waals surface area contributed by atoms with Gasteiger partial charge in [0, 0.05) is 11.9 Å². The van der Waals surface area contributed by atoms with E-state index in [9.17, 15) is 18.0 Å². The maximum Gasteiger partial charge on any atom is 0.308 e. The van der Waals surface area contributed by atoms with E-state index < -0.39 is 28.4 Å². The van der Waals surface area contributed by atoms with Crippen molar-refractivity contribution < 1.29 is 27.5 Å². The lowest BCUT2D eigenvalue weighted by molar-refractivity contribution is -0.131. The van der Waals surface area contributed by atoms with E-state index in [1.54, 1.807) is 36.4 Å². The zero-order valence-corrected chi connectivity index (χ0v) is 20.4. The Morgan fingerprint density at radius 3 is 2.29 bits per heavy atom. The lowest BCUT2D eigenvalue weighted by atomic mass is 10.2. The Morgan fingerprint density at radius 2 is 1.69 bits per heavy atom. The van der Waals surface area contributed by atoms with Crippen LogP contribution in [0, 0.1) is 0 Å². The molecule has 3 rings (SSSR count). The molecule has 0 unspecified atom stereocenters. The van der Waals surface area contributed by atoms with E-state index in [0.29, 0.717) is 22.1 Å². The number of sulfonamides is 1. The molecule has 0 aliphatic rings. The van der Waals surface area contributed by atoms with E-state index in [2.05, 4.69) is 10.5 Å². The first-order chi connectivity index (χ1) is 16.7. The third-order valence-corrected chi connectivity index (χ3v) is 6.60. The van der Waals surface area contributed by atoms with E-state index in [1.165, 1.54) is 56.6 Å². The topological polar surface area (TPSA) is 114 Å². The first kappa shape index (κ1) is 25.7. The SMILES string of the molecule is COc1ccc(S(=O)(=O)N(CC(=O)N/N=C\c2ccc(OC(C)=O)cc2)c2cccc(Cl)c2)cc1. The lowest BCUT2D eigenvalue weighted by Crippen LogP contribution is -2.39. The van der Waals surface area contributed by atoms with Crippen LogP contribution in [0.1, 0.15) is 12.5 Å². The normalized spacial score (nSPS) is 11.2. The van der Waals surface area contributed by atoms with E-state index in [-0.39, 0.29) is 10.6 Å². The highest BCUT2D eigenvalue weighted by molar-refractivity contribution is 7.92. The summed E-state index contributed by atoms with van der Waals surface area (Å²) in [6.45, 7) is 0.754. The molecule has 0 saturated heterocycles. The number of methoxy groups -OCH3 is 1. The monoisotopic (exact) mass is 515 g/mol. The van der Waals surface area contributed by atoms with Crippen molar-refractivity contribution >= 4 is 45.4 Å². The first-order valence-electron chi connectivity index (χ1n) is 10.2. The molecule has 3 aromatic carbocycles. The largest absolute Gasteiger partial charge is 0.497 e. The van der Waals surface area contributed by atoms with Crippen molar-refractivity contribution in [3.05, 3.63) is 83.4 Å². The minimum atomic E-state index is -4.12. The molecular formula is C24H22ClN3O6S. The second kappa shape index (κ2) is 11.5. The number of carbonyl (C=O) groups is 2. The quantitative estimate of drug-likeness (QED) is 0.201. The molecule has 0 aliphatic heterocycles. The van der Waals surface area contributed by atoms with Gasteiger partial charge >= 0.3 is 5.97 Å². The van der Waals surface area contributed by atoms with Crippen LogP contribution in [0.3, 0.4) is 0 Å². The highest BCUT2D eigenvalue weighted by Crippen LogP contribution is 2.27. The van der Waals surface area contributed by atoms with Crippen molar-refractivity contribution in [3.63, 3.8) is 0 Å². The van der Waals surface area contributed by atoms with Crippen LogP contribution in [0.2, 0.25) is 5.02 Å². The zero-order chi connectivity index (χ0) is 25.4. The van der Waals surface area contributed by atoms with Crippen molar-refractivity contribution in [2.45, 2.75) is 11.8 Å². The number of amides is 1. The van der Waals surface area contributed by atoms with Crippen LogP contribution in [-0.2, 0) is 19.6 Å². The number of benzene rings is 3. The molecule has 0 spiro atoms. The van der Waals surface area contributed by atoms with Crippen LogP contribution in [0.25, 0.3) is 0 Å². The Morgan fingerprint density at radius 1 is 1.03 bits per heavy atom. The van der Waals surface area contributed by atoms with Gasteiger partial charge in [0.05, 0.1) is 23.9 Å². The van der Waals surface area contributed by atoms with E-state index in [4.69, 9.17) is 21.1 Å². The molecule has 0 radical (unpaired) electrons. The van der Waals surface area contributed by atoms with Gasteiger partial charge in [0.15, 0.2) is 0 Å². The number of nitrogens with one attached hydrogen (secondary N) is 1. The summed E-state index contributed by atoms with van der Waals surface area (Å²) in [5.74, 6) is -0.242. The fraction of sp³-hybridized carbons (Fsp3) is 0.125. The molecule has 1 amide bonds. The minimum Gasteiger partial charge on any atom is -0.497 e. The van der Waals surface area contributed by atoms with Crippen LogP contribution >= 0.6 is 11.6 Å². The maximum absolute atomic E-state index is 13.4. The van der Waals surface area contributed by atoms with Gasteiger partial charge in [0.2, 0.25) is 0 Å². The van der Waals surface area contributed by atoms with Crippen LogP contribution in [0.4, 0.5) is 5.69 Å². The molecule has 0 aromatic heterocycles. The third-order valence-electron chi connectivity index (χ3n) is 4.58. The van der Waals surface area contributed by atoms with E-state index in [0.717, 1.165) is 4.31 Å². The van der Waals surface area contributed by atoms with Gasteiger partial charge in [-0.15, -0.1) is 0 Å². The molecule has 35 heavy (non-hydrogen) atoms. The number of hydrogen-bond acceptors (Lipinski definition) is 7. The predicted molar refractivity (Wildman–Crippen MR) is 132 cm³/mol. The first-order valence-corrected chi connectivity index (χ1v) is 12.0. The fourth-order valence-corrected chi connectivity index (χ4v) is 4.55. The molecule has 0 saturated carbocycles. The Balaban J connectivity index is 1.77. The van der Waals surface area contributed by atoms with Crippen LogP contribution < -0.4 is 19.2 Å². The summed E-state index contributed by atoms with van der Waals surface area (Å²) in [5.41, 5.74) is 3.16. The van der Waals surface area contributed by atoms with Gasteiger partial charge in [0.25, 0.3) is 15.9 Å². The third kappa shape index (κ3) is 7.05. The standard InChI is InChI=1S/C24H22ClN3O6S/c1-17(29)34-22-8-6-18(7-9-22)15-26-27-24(30)16-28(20-5-3-4-19(25)14-20)35(31,32)23-12-10-21(33-2)11-13-23/h3-15H,16H2,1-2H3,(H,27,30)/b26-15-. The Kier molecular flexibility index (Phi) is 8.45. The summed E-state index contributed by atoms with van der Waals surface area (Å²) in [7, 11) is -2.64. The number of hydrazone groups is 1. The summed E-state index contributed by atoms with van der Waals surface area (Å²) in [4.78, 5) is 23.6. The molecule has 11 heteroatoms.